The van der Waals surface area contributed by atoms with Gasteiger partial charge in [-0.25, -0.2) is 8.78 Å². The predicted molar refractivity (Wildman–Crippen MR) is 67.8 cm³/mol. The van der Waals surface area contributed by atoms with Crippen molar-refractivity contribution in [2.24, 2.45) is 0 Å². The van der Waals surface area contributed by atoms with Crippen molar-refractivity contribution in [3.8, 4) is 0 Å². The molecule has 1 N–H and O–H groups in total. The smallest absolute Gasteiger partial charge is 0.149 e. The van der Waals surface area contributed by atoms with Crippen LogP contribution >= 0.6 is 0 Å². The summed E-state index contributed by atoms with van der Waals surface area (Å²) in [5.41, 5.74) is 0.163. The van der Waals surface area contributed by atoms with Gasteiger partial charge in [0.15, 0.2) is 0 Å². The van der Waals surface area contributed by atoms with Crippen LogP contribution in [0.25, 0.3) is 0 Å². The SMILES string of the molecule is Fc1cccc(F)c1N1CCN[C@@H]2CCCC[C@@H]21. The van der Waals surface area contributed by atoms with Gasteiger partial charge in [-0.3, -0.25) is 0 Å². The maximum absolute atomic E-state index is 13.9. The maximum atomic E-state index is 13.9. The van der Waals surface area contributed by atoms with E-state index in [1.807, 2.05) is 4.90 Å². The molecular formula is C14H18F2N2. The zero-order valence-corrected chi connectivity index (χ0v) is 10.3. The van der Waals surface area contributed by atoms with E-state index in [-0.39, 0.29) is 11.7 Å². The van der Waals surface area contributed by atoms with Gasteiger partial charge in [-0.2, -0.15) is 0 Å². The third-order valence-electron chi connectivity index (χ3n) is 4.11. The fourth-order valence-electron chi connectivity index (χ4n) is 3.30. The number of hydrogen-bond donors (Lipinski definition) is 1. The Morgan fingerprint density at radius 2 is 1.83 bits per heavy atom. The Balaban J connectivity index is 1.94. The minimum absolute atomic E-state index is 0.163. The van der Waals surface area contributed by atoms with Gasteiger partial charge in [-0.1, -0.05) is 18.9 Å². The average molecular weight is 252 g/mol. The molecule has 2 nitrogen and oxygen atoms in total. The van der Waals surface area contributed by atoms with Crippen LogP contribution in [-0.2, 0) is 0 Å². The maximum Gasteiger partial charge on any atom is 0.149 e. The van der Waals surface area contributed by atoms with Gasteiger partial charge < -0.3 is 10.2 Å². The lowest BCUT2D eigenvalue weighted by Gasteiger charge is -2.46. The number of hydrogen-bond acceptors (Lipinski definition) is 2. The molecule has 0 radical (unpaired) electrons. The van der Waals surface area contributed by atoms with Gasteiger partial charge in [0, 0.05) is 25.2 Å². The third kappa shape index (κ3) is 1.99. The van der Waals surface area contributed by atoms with Crippen LogP contribution in [0.1, 0.15) is 25.7 Å². The topological polar surface area (TPSA) is 15.3 Å². The number of para-hydroxylation sites is 1. The summed E-state index contributed by atoms with van der Waals surface area (Å²) < 4.78 is 27.8. The summed E-state index contributed by atoms with van der Waals surface area (Å²) in [5, 5.41) is 3.47. The first kappa shape index (κ1) is 11.9. The van der Waals surface area contributed by atoms with E-state index < -0.39 is 11.6 Å². The quantitative estimate of drug-likeness (QED) is 0.826. The van der Waals surface area contributed by atoms with Gasteiger partial charge in [-0.15, -0.1) is 0 Å². The number of benzene rings is 1. The highest BCUT2D eigenvalue weighted by Crippen LogP contribution is 2.32. The van der Waals surface area contributed by atoms with Crippen molar-refractivity contribution in [3.63, 3.8) is 0 Å². The molecule has 4 heteroatoms. The van der Waals surface area contributed by atoms with Crippen LogP contribution in [-0.4, -0.2) is 25.2 Å². The summed E-state index contributed by atoms with van der Waals surface area (Å²) in [6.45, 7) is 1.48. The molecule has 1 heterocycles. The summed E-state index contributed by atoms with van der Waals surface area (Å²) >= 11 is 0. The number of piperazine rings is 1. The summed E-state index contributed by atoms with van der Waals surface area (Å²) in [6, 6.07) is 4.73. The Labute approximate surface area is 106 Å². The highest BCUT2D eigenvalue weighted by atomic mass is 19.1. The molecule has 18 heavy (non-hydrogen) atoms. The molecule has 98 valence electrons. The second-order valence-electron chi connectivity index (χ2n) is 5.18. The van der Waals surface area contributed by atoms with Crippen molar-refractivity contribution >= 4 is 5.69 Å². The zero-order chi connectivity index (χ0) is 12.5. The fraction of sp³-hybridized carbons (Fsp3) is 0.571. The molecule has 0 spiro atoms. The zero-order valence-electron chi connectivity index (χ0n) is 10.3. The van der Waals surface area contributed by atoms with E-state index in [2.05, 4.69) is 5.32 Å². The number of fused-ring (bicyclic) bond motifs is 1. The number of rotatable bonds is 1. The van der Waals surface area contributed by atoms with Crippen LogP contribution in [0.2, 0.25) is 0 Å². The Morgan fingerprint density at radius 1 is 1.11 bits per heavy atom. The first-order chi connectivity index (χ1) is 8.77. The third-order valence-corrected chi connectivity index (χ3v) is 4.11. The molecule has 0 unspecified atom stereocenters. The first-order valence-electron chi connectivity index (χ1n) is 6.71. The molecule has 3 rings (SSSR count). The van der Waals surface area contributed by atoms with Crippen molar-refractivity contribution in [1.82, 2.24) is 5.32 Å². The van der Waals surface area contributed by atoms with Gasteiger partial charge in [0.1, 0.15) is 17.3 Å². The number of nitrogens with one attached hydrogen (secondary N) is 1. The Morgan fingerprint density at radius 3 is 2.61 bits per heavy atom. The van der Waals surface area contributed by atoms with Crippen LogP contribution in [0.15, 0.2) is 18.2 Å². The molecule has 0 amide bonds. The van der Waals surface area contributed by atoms with Gasteiger partial charge in [-0.05, 0) is 25.0 Å². The lowest BCUT2D eigenvalue weighted by Crippen LogP contribution is -2.59. The van der Waals surface area contributed by atoms with Gasteiger partial charge in [0.2, 0.25) is 0 Å². The van der Waals surface area contributed by atoms with Crippen LogP contribution in [0, 0.1) is 11.6 Å². The molecule has 1 saturated carbocycles. The van der Waals surface area contributed by atoms with Crippen molar-refractivity contribution in [2.75, 3.05) is 18.0 Å². The first-order valence-corrected chi connectivity index (χ1v) is 6.71. The van der Waals surface area contributed by atoms with E-state index in [4.69, 9.17) is 0 Å². The molecule has 1 aromatic rings. The van der Waals surface area contributed by atoms with E-state index in [0.717, 1.165) is 25.8 Å². The van der Waals surface area contributed by atoms with Crippen molar-refractivity contribution in [3.05, 3.63) is 29.8 Å². The summed E-state index contributed by atoms with van der Waals surface area (Å²) in [4.78, 5) is 1.94. The second-order valence-corrected chi connectivity index (χ2v) is 5.18. The lowest BCUT2D eigenvalue weighted by atomic mass is 9.87. The van der Waals surface area contributed by atoms with Crippen LogP contribution in [0.3, 0.4) is 0 Å². The average Bonchev–Trinajstić information content (AvgIpc) is 2.39. The molecule has 0 bridgehead atoms. The molecule has 2 atom stereocenters. The van der Waals surface area contributed by atoms with E-state index >= 15 is 0 Å². The van der Waals surface area contributed by atoms with E-state index in [1.54, 1.807) is 0 Å². The van der Waals surface area contributed by atoms with E-state index in [1.165, 1.54) is 24.6 Å². The minimum atomic E-state index is -0.443. The molecule has 0 aromatic heterocycles. The summed E-state index contributed by atoms with van der Waals surface area (Å²) in [5.74, 6) is -0.887. The largest absolute Gasteiger partial charge is 0.361 e. The summed E-state index contributed by atoms with van der Waals surface area (Å²) in [6.07, 6.45) is 4.49. The monoisotopic (exact) mass is 252 g/mol. The minimum Gasteiger partial charge on any atom is -0.361 e. The van der Waals surface area contributed by atoms with Crippen molar-refractivity contribution in [1.29, 1.82) is 0 Å². The number of anilines is 1. The molecule has 2 aliphatic rings. The molecule has 1 saturated heterocycles. The standard InChI is InChI=1S/C14H18F2N2/c15-10-4-3-5-11(16)14(10)18-9-8-17-12-6-1-2-7-13(12)18/h3-5,12-13,17H,1-2,6-9H2/t12-,13+/m1/s1. The van der Waals surface area contributed by atoms with Crippen LogP contribution in [0.4, 0.5) is 14.5 Å². The summed E-state index contributed by atoms with van der Waals surface area (Å²) in [7, 11) is 0. The van der Waals surface area contributed by atoms with Crippen LogP contribution < -0.4 is 10.2 Å². The van der Waals surface area contributed by atoms with Crippen LogP contribution in [0.5, 0.6) is 0 Å². The molecule has 1 aliphatic carbocycles. The van der Waals surface area contributed by atoms with E-state index in [0.29, 0.717) is 12.6 Å². The van der Waals surface area contributed by atoms with E-state index in [9.17, 15) is 8.78 Å². The molecule has 1 aliphatic heterocycles. The lowest BCUT2D eigenvalue weighted by molar-refractivity contribution is 0.281. The van der Waals surface area contributed by atoms with Crippen molar-refractivity contribution in [2.45, 2.75) is 37.8 Å². The Bertz CT molecular complexity index is 414. The predicted octanol–water partition coefficient (Wildman–Crippen LogP) is 2.69. The highest BCUT2D eigenvalue weighted by Gasteiger charge is 2.35. The second kappa shape index (κ2) is 4.84. The van der Waals surface area contributed by atoms with Gasteiger partial charge in [0.25, 0.3) is 0 Å². The molecular weight excluding hydrogens is 234 g/mol. The fourth-order valence-corrected chi connectivity index (χ4v) is 3.30. The normalized spacial score (nSPS) is 28.0. The Hall–Kier alpha value is -1.16. The number of halogens is 2. The van der Waals surface area contributed by atoms with Gasteiger partial charge >= 0.3 is 0 Å². The molecule has 1 aromatic carbocycles. The Kier molecular flexibility index (Phi) is 3.20. The highest BCUT2D eigenvalue weighted by molar-refractivity contribution is 5.51. The molecule has 2 fully saturated rings. The van der Waals surface area contributed by atoms with Crippen molar-refractivity contribution < 1.29 is 8.78 Å². The van der Waals surface area contributed by atoms with Gasteiger partial charge in [0.05, 0.1) is 0 Å². The number of nitrogens with zero attached hydrogens (tertiary/aromatic N) is 1.